The van der Waals surface area contributed by atoms with E-state index in [-0.39, 0.29) is 56.7 Å². The third-order valence-electron chi connectivity index (χ3n) is 6.50. The molecule has 0 atom stereocenters. The molecule has 0 bridgehead atoms. The van der Waals surface area contributed by atoms with Crippen LogP contribution in [0.25, 0.3) is 22.2 Å². The largest absolute Gasteiger partial charge is 0.495 e. The van der Waals surface area contributed by atoms with Crippen LogP contribution >= 0.6 is 23.2 Å². The predicted octanol–water partition coefficient (Wildman–Crippen LogP) is 3.54. The van der Waals surface area contributed by atoms with Crippen LogP contribution in [-0.4, -0.2) is 84.2 Å². The van der Waals surface area contributed by atoms with E-state index in [0.29, 0.717) is 44.5 Å². The highest BCUT2D eigenvalue weighted by Crippen LogP contribution is 2.45. The van der Waals surface area contributed by atoms with E-state index in [1.54, 1.807) is 11.0 Å². The number of fused-ring (bicyclic) bond motifs is 1. The zero-order valence-electron chi connectivity index (χ0n) is 24.1. The molecule has 1 N–H and O–H groups in total. The fourth-order valence-electron chi connectivity index (χ4n) is 4.50. The third-order valence-corrected chi connectivity index (χ3v) is 7.25. The molecule has 3 heterocycles. The summed E-state index contributed by atoms with van der Waals surface area (Å²) in [4.78, 5) is 38.4. The average Bonchev–Trinajstić information content (AvgIpc) is 2.94. The number of benzene rings is 1. The SMILES string of the molecule is [2H]C([2H])([2H])Nc1ncc2cc(-c3c(Cl)c(OC)cc(OC)c3Cl)c(=O)n(CCCN3CCN(C(=O)C=C)CC3)c2n1. The highest BCUT2D eigenvalue weighted by Gasteiger charge is 2.24. The lowest BCUT2D eigenvalue weighted by molar-refractivity contribution is -0.127. The number of aryl methyl sites for hydroxylation is 1. The van der Waals surface area contributed by atoms with E-state index < -0.39 is 12.5 Å². The maximum atomic E-state index is 14.0. The molecule has 1 aromatic carbocycles. The first-order chi connectivity index (χ1) is 19.5. The lowest BCUT2D eigenvalue weighted by Gasteiger charge is -2.34. The number of carbonyl (C=O) groups excluding carboxylic acids is 1. The van der Waals surface area contributed by atoms with E-state index in [1.165, 1.54) is 37.1 Å². The summed E-state index contributed by atoms with van der Waals surface area (Å²) in [5.74, 6) is 0.320. The molecular weight excluding hydrogens is 531 g/mol. The van der Waals surface area contributed by atoms with E-state index in [2.05, 4.69) is 26.8 Å². The molecule has 0 radical (unpaired) electrons. The van der Waals surface area contributed by atoms with Gasteiger partial charge in [-0.3, -0.25) is 19.1 Å². The van der Waals surface area contributed by atoms with Crippen molar-refractivity contribution in [1.82, 2.24) is 24.3 Å². The molecule has 1 fully saturated rings. The van der Waals surface area contributed by atoms with Crippen LogP contribution in [0.1, 0.15) is 10.5 Å². The van der Waals surface area contributed by atoms with Crippen molar-refractivity contribution >= 4 is 46.1 Å². The maximum absolute atomic E-state index is 14.0. The van der Waals surface area contributed by atoms with Crippen LogP contribution in [0.5, 0.6) is 11.5 Å². The van der Waals surface area contributed by atoms with Gasteiger partial charge in [0.05, 0.1) is 29.8 Å². The molecule has 202 valence electrons. The molecule has 38 heavy (non-hydrogen) atoms. The highest BCUT2D eigenvalue weighted by atomic mass is 35.5. The molecule has 10 nitrogen and oxygen atoms in total. The number of rotatable bonds is 9. The Kier molecular flexibility index (Phi) is 7.51. The molecule has 2 aromatic heterocycles. The normalized spacial score (nSPS) is 15.5. The average molecular weight is 564 g/mol. The van der Waals surface area contributed by atoms with Crippen molar-refractivity contribution in [3.05, 3.63) is 51.4 Å². The van der Waals surface area contributed by atoms with Gasteiger partial charge in [-0.2, -0.15) is 4.98 Å². The van der Waals surface area contributed by atoms with Crippen molar-refractivity contribution < 1.29 is 18.4 Å². The molecule has 4 rings (SSSR count). The standard InChI is InChI=1S/C26H30Cl2N6O4/c1-5-20(35)33-11-9-32(10-12-33)7-6-8-34-24-16(15-30-26(29-2)31-24)13-17(25(34)36)21-22(27)18(37-3)14-19(38-4)23(21)28/h5,13-15H,1,6-12H2,2-4H3,(H,29,30,31)/i2D3. The van der Waals surface area contributed by atoms with Crippen LogP contribution in [0.3, 0.4) is 0 Å². The Hall–Kier alpha value is -3.34. The molecule has 1 amide bonds. The highest BCUT2D eigenvalue weighted by molar-refractivity contribution is 6.41. The number of carbonyl (C=O) groups is 1. The zero-order valence-corrected chi connectivity index (χ0v) is 22.6. The minimum atomic E-state index is -2.52. The quantitative estimate of drug-likeness (QED) is 0.394. The van der Waals surface area contributed by atoms with Gasteiger partial charge in [-0.25, -0.2) is 4.98 Å². The van der Waals surface area contributed by atoms with Crippen molar-refractivity contribution in [3.63, 3.8) is 0 Å². The van der Waals surface area contributed by atoms with Crippen LogP contribution < -0.4 is 20.3 Å². The minimum Gasteiger partial charge on any atom is -0.495 e. The van der Waals surface area contributed by atoms with Crippen molar-refractivity contribution in [2.75, 3.05) is 59.2 Å². The smallest absolute Gasteiger partial charge is 0.260 e. The number of ether oxygens (including phenoxy) is 2. The van der Waals surface area contributed by atoms with Gasteiger partial charge in [0.15, 0.2) is 0 Å². The van der Waals surface area contributed by atoms with Gasteiger partial charge >= 0.3 is 0 Å². The molecule has 0 unspecified atom stereocenters. The number of nitrogens with zero attached hydrogens (tertiary/aromatic N) is 5. The van der Waals surface area contributed by atoms with Gasteiger partial charge in [-0.15, -0.1) is 0 Å². The van der Waals surface area contributed by atoms with Gasteiger partial charge in [0.25, 0.3) is 5.56 Å². The Labute approximate surface area is 235 Å². The second-order valence-corrected chi connectivity index (χ2v) is 9.38. The first kappa shape index (κ1) is 23.8. The van der Waals surface area contributed by atoms with Crippen molar-refractivity contribution in [1.29, 1.82) is 0 Å². The van der Waals surface area contributed by atoms with Gasteiger partial charge in [-0.1, -0.05) is 29.8 Å². The van der Waals surface area contributed by atoms with Crippen LogP contribution in [0.2, 0.25) is 10.0 Å². The van der Waals surface area contributed by atoms with Crippen LogP contribution in [0, 0.1) is 0 Å². The first-order valence-corrected chi connectivity index (χ1v) is 12.7. The van der Waals surface area contributed by atoms with Crippen LogP contribution in [0.15, 0.2) is 35.8 Å². The number of piperazine rings is 1. The number of halogens is 2. The van der Waals surface area contributed by atoms with E-state index in [0.717, 1.165) is 0 Å². The monoisotopic (exact) mass is 563 g/mol. The first-order valence-electron chi connectivity index (χ1n) is 13.4. The Morgan fingerprint density at radius 2 is 1.84 bits per heavy atom. The summed E-state index contributed by atoms with van der Waals surface area (Å²) in [5, 5.41) is 3.02. The Morgan fingerprint density at radius 3 is 2.45 bits per heavy atom. The predicted molar refractivity (Wildman–Crippen MR) is 150 cm³/mol. The number of aromatic nitrogens is 3. The Balaban J connectivity index is 1.74. The lowest BCUT2D eigenvalue weighted by Crippen LogP contribution is -2.48. The number of hydrogen-bond donors (Lipinski definition) is 1. The molecule has 12 heteroatoms. The summed E-state index contributed by atoms with van der Waals surface area (Å²) < 4.78 is 34.8. The van der Waals surface area contributed by atoms with Crippen molar-refractivity contribution in [3.8, 4) is 22.6 Å². The van der Waals surface area contributed by atoms with Gasteiger partial charge in [0.1, 0.15) is 17.1 Å². The number of nitrogens with one attached hydrogen (secondary N) is 1. The summed E-state index contributed by atoms with van der Waals surface area (Å²) in [6.07, 6.45) is 3.32. The number of pyridine rings is 1. The Bertz CT molecular complexity index is 1500. The second-order valence-electron chi connectivity index (χ2n) is 8.62. The minimum absolute atomic E-state index is 0.0906. The number of amides is 1. The van der Waals surface area contributed by atoms with E-state index in [4.69, 9.17) is 36.8 Å². The summed E-state index contributed by atoms with van der Waals surface area (Å²) >= 11 is 13.3. The fourth-order valence-corrected chi connectivity index (χ4v) is 5.21. The Morgan fingerprint density at radius 1 is 1.16 bits per heavy atom. The van der Waals surface area contributed by atoms with E-state index in [1.807, 2.05) is 0 Å². The molecule has 1 saturated heterocycles. The maximum Gasteiger partial charge on any atom is 0.260 e. The van der Waals surface area contributed by atoms with E-state index >= 15 is 0 Å². The van der Waals surface area contributed by atoms with Gasteiger partial charge in [0.2, 0.25) is 11.9 Å². The number of hydrogen-bond acceptors (Lipinski definition) is 8. The van der Waals surface area contributed by atoms with Crippen molar-refractivity contribution in [2.45, 2.75) is 13.0 Å². The fraction of sp³-hybridized carbons (Fsp3) is 0.385. The molecule has 0 saturated carbocycles. The van der Waals surface area contributed by atoms with Gasteiger partial charge < -0.3 is 19.7 Å². The van der Waals surface area contributed by atoms with E-state index in [9.17, 15) is 9.59 Å². The van der Waals surface area contributed by atoms with Crippen LogP contribution in [0.4, 0.5) is 5.95 Å². The lowest BCUT2D eigenvalue weighted by atomic mass is 10.0. The molecular formula is C26H30Cl2N6O4. The summed E-state index contributed by atoms with van der Waals surface area (Å²) in [7, 11) is 2.88. The second kappa shape index (κ2) is 12.0. The molecule has 0 aliphatic carbocycles. The zero-order chi connectivity index (χ0) is 29.9. The molecule has 0 spiro atoms. The topological polar surface area (TPSA) is 102 Å². The summed E-state index contributed by atoms with van der Waals surface area (Å²) in [6.45, 7) is 4.51. The van der Waals surface area contributed by atoms with Crippen molar-refractivity contribution in [2.24, 2.45) is 0 Å². The van der Waals surface area contributed by atoms with Gasteiger partial charge in [0, 0.05) is 67.0 Å². The van der Waals surface area contributed by atoms with Crippen LogP contribution in [-0.2, 0) is 11.3 Å². The van der Waals surface area contributed by atoms with Gasteiger partial charge in [-0.05, 0) is 25.1 Å². The number of anilines is 1. The molecule has 3 aromatic rings. The number of methoxy groups -OCH3 is 2. The summed E-state index contributed by atoms with van der Waals surface area (Å²) in [6, 6.07) is 3.10. The molecule has 1 aliphatic heterocycles. The molecule has 1 aliphatic rings. The third kappa shape index (κ3) is 5.43. The summed E-state index contributed by atoms with van der Waals surface area (Å²) in [5.41, 5.74) is 0.236.